The van der Waals surface area contributed by atoms with Gasteiger partial charge in [-0.2, -0.15) is 0 Å². The zero-order valence-corrected chi connectivity index (χ0v) is 19.1. The first kappa shape index (κ1) is 22.1. The lowest BCUT2D eigenvalue weighted by Gasteiger charge is -2.15. The number of aliphatic hydroxyl groups excluding tert-OH is 1. The van der Waals surface area contributed by atoms with Gasteiger partial charge >= 0.3 is 0 Å². The molecule has 0 radical (unpaired) electrons. The van der Waals surface area contributed by atoms with Crippen LogP contribution >= 0.6 is 0 Å². The van der Waals surface area contributed by atoms with Gasteiger partial charge in [-0.15, -0.1) is 0 Å². The Labute approximate surface area is 198 Å². The van der Waals surface area contributed by atoms with Gasteiger partial charge in [0.05, 0.1) is 6.10 Å². The lowest BCUT2D eigenvalue weighted by atomic mass is 10.1. The maximum atomic E-state index is 9.71. The van der Waals surface area contributed by atoms with Crippen molar-refractivity contribution < 1.29 is 5.11 Å². The number of pyridine rings is 1. The monoisotopic (exact) mass is 453 g/mol. The van der Waals surface area contributed by atoms with Gasteiger partial charge in [0.1, 0.15) is 23.2 Å². The van der Waals surface area contributed by atoms with Crippen molar-refractivity contribution in [2.45, 2.75) is 32.4 Å². The Balaban J connectivity index is 1.24. The van der Waals surface area contributed by atoms with E-state index >= 15 is 0 Å². The SMILES string of the molecule is Cc1cccc(-c2nccc(Nc3ccnc(Cc4ccc(CN5CC[C@H](O)C5)cc4)n3)n2)n1. The average Bonchev–Trinajstić information content (AvgIpc) is 3.25. The molecule has 1 atom stereocenters. The van der Waals surface area contributed by atoms with Crippen LogP contribution in [0, 0.1) is 6.92 Å². The molecule has 4 aromatic rings. The van der Waals surface area contributed by atoms with Crippen LogP contribution in [0.3, 0.4) is 0 Å². The van der Waals surface area contributed by atoms with E-state index < -0.39 is 0 Å². The largest absolute Gasteiger partial charge is 0.392 e. The maximum absolute atomic E-state index is 9.71. The van der Waals surface area contributed by atoms with E-state index in [4.69, 9.17) is 0 Å². The van der Waals surface area contributed by atoms with Crippen LogP contribution in [0.2, 0.25) is 0 Å². The minimum Gasteiger partial charge on any atom is -0.392 e. The third-order valence-electron chi connectivity index (χ3n) is 5.77. The highest BCUT2D eigenvalue weighted by molar-refractivity contribution is 5.56. The number of hydrogen-bond donors (Lipinski definition) is 2. The standard InChI is InChI=1S/C26H27N7O/c1-18-3-2-4-22(29-18)26-28-13-10-24(32-26)30-23-9-12-27-25(31-23)15-19-5-7-20(8-6-19)16-33-14-11-21(34)17-33/h2-10,12-13,21,34H,11,14-17H2,1H3,(H,27,28,30,31,32)/t21-/m0/s1. The van der Waals surface area contributed by atoms with E-state index in [2.05, 4.69) is 59.4 Å². The highest BCUT2D eigenvalue weighted by atomic mass is 16.3. The number of rotatable bonds is 7. The molecule has 8 nitrogen and oxygen atoms in total. The summed E-state index contributed by atoms with van der Waals surface area (Å²) in [5.41, 5.74) is 4.05. The molecule has 1 aromatic carbocycles. The summed E-state index contributed by atoms with van der Waals surface area (Å²) in [6.45, 7) is 4.52. The fraction of sp³-hybridized carbons (Fsp3) is 0.269. The molecule has 0 spiro atoms. The molecular formula is C26H27N7O. The molecule has 0 unspecified atom stereocenters. The van der Waals surface area contributed by atoms with Crippen molar-refractivity contribution in [2.24, 2.45) is 0 Å². The zero-order valence-electron chi connectivity index (χ0n) is 19.1. The van der Waals surface area contributed by atoms with Gasteiger partial charge in [0.15, 0.2) is 5.82 Å². The minimum atomic E-state index is -0.189. The zero-order chi connectivity index (χ0) is 23.3. The van der Waals surface area contributed by atoms with E-state index in [9.17, 15) is 5.11 Å². The van der Waals surface area contributed by atoms with E-state index in [1.54, 1.807) is 18.5 Å². The van der Waals surface area contributed by atoms with Gasteiger partial charge in [-0.3, -0.25) is 4.90 Å². The average molecular weight is 454 g/mol. The summed E-state index contributed by atoms with van der Waals surface area (Å²) in [6, 6.07) is 17.9. The molecule has 0 saturated carbocycles. The molecule has 172 valence electrons. The lowest BCUT2D eigenvalue weighted by molar-refractivity contribution is 0.175. The number of β-amino-alcohol motifs (C(OH)–C–C–N with tert-alkyl or cyclic N) is 1. The molecule has 34 heavy (non-hydrogen) atoms. The summed E-state index contributed by atoms with van der Waals surface area (Å²) in [7, 11) is 0. The van der Waals surface area contributed by atoms with Crippen LogP contribution in [0.5, 0.6) is 0 Å². The predicted octanol–water partition coefficient (Wildman–Crippen LogP) is 3.54. The van der Waals surface area contributed by atoms with Crippen molar-refractivity contribution in [1.29, 1.82) is 0 Å². The van der Waals surface area contributed by atoms with Crippen molar-refractivity contribution in [3.8, 4) is 11.5 Å². The number of hydrogen-bond acceptors (Lipinski definition) is 8. The minimum absolute atomic E-state index is 0.189. The Kier molecular flexibility index (Phi) is 6.51. The molecule has 0 bridgehead atoms. The summed E-state index contributed by atoms with van der Waals surface area (Å²) >= 11 is 0. The van der Waals surface area contributed by atoms with Crippen LogP contribution in [-0.4, -0.2) is 54.1 Å². The molecule has 5 rings (SSSR count). The van der Waals surface area contributed by atoms with Crippen molar-refractivity contribution in [2.75, 3.05) is 18.4 Å². The fourth-order valence-electron chi connectivity index (χ4n) is 4.06. The predicted molar refractivity (Wildman–Crippen MR) is 130 cm³/mol. The number of aliphatic hydroxyl groups is 1. The van der Waals surface area contributed by atoms with Crippen LogP contribution in [0.25, 0.3) is 11.5 Å². The Hall–Kier alpha value is -3.75. The lowest BCUT2D eigenvalue weighted by Crippen LogP contribution is -2.21. The summed E-state index contributed by atoms with van der Waals surface area (Å²) in [5, 5.41) is 13.0. The van der Waals surface area contributed by atoms with Crippen LogP contribution in [0.15, 0.2) is 67.0 Å². The molecule has 4 heterocycles. The quantitative estimate of drug-likeness (QED) is 0.438. The van der Waals surface area contributed by atoms with Crippen LogP contribution in [-0.2, 0) is 13.0 Å². The first-order valence-electron chi connectivity index (χ1n) is 11.4. The van der Waals surface area contributed by atoms with E-state index in [0.717, 1.165) is 48.8 Å². The van der Waals surface area contributed by atoms with Gasteiger partial charge in [-0.1, -0.05) is 30.3 Å². The van der Waals surface area contributed by atoms with Crippen molar-refractivity contribution in [3.63, 3.8) is 0 Å². The molecule has 8 heteroatoms. The normalized spacial score (nSPS) is 16.0. The third kappa shape index (κ3) is 5.59. The molecule has 0 amide bonds. The Bertz CT molecular complexity index is 1260. The van der Waals surface area contributed by atoms with Gasteiger partial charge in [-0.25, -0.2) is 24.9 Å². The van der Waals surface area contributed by atoms with Gasteiger partial charge in [-0.05, 0) is 48.7 Å². The number of nitrogens with one attached hydrogen (secondary N) is 1. The van der Waals surface area contributed by atoms with Gasteiger partial charge in [0.2, 0.25) is 0 Å². The van der Waals surface area contributed by atoms with Gasteiger partial charge in [0, 0.05) is 44.1 Å². The summed E-state index contributed by atoms with van der Waals surface area (Å²) < 4.78 is 0. The second-order valence-electron chi connectivity index (χ2n) is 8.58. The first-order chi connectivity index (χ1) is 16.6. The van der Waals surface area contributed by atoms with E-state index in [0.29, 0.717) is 23.9 Å². The topological polar surface area (TPSA) is 100.0 Å². The second-order valence-corrected chi connectivity index (χ2v) is 8.58. The fourth-order valence-corrected chi connectivity index (χ4v) is 4.06. The number of benzene rings is 1. The Morgan fingerprint density at radius 3 is 2.44 bits per heavy atom. The number of aryl methyl sites for hydroxylation is 1. The van der Waals surface area contributed by atoms with E-state index in [-0.39, 0.29) is 6.10 Å². The van der Waals surface area contributed by atoms with Crippen LogP contribution < -0.4 is 5.32 Å². The first-order valence-corrected chi connectivity index (χ1v) is 11.4. The highest BCUT2D eigenvalue weighted by Gasteiger charge is 2.19. The molecule has 1 aliphatic rings. The number of aromatic nitrogens is 5. The molecular weight excluding hydrogens is 426 g/mol. The summed E-state index contributed by atoms with van der Waals surface area (Å²) in [6.07, 6.45) is 4.77. The molecule has 1 fully saturated rings. The van der Waals surface area contributed by atoms with Crippen LogP contribution in [0.1, 0.15) is 29.1 Å². The van der Waals surface area contributed by atoms with E-state index in [1.807, 2.05) is 31.2 Å². The van der Waals surface area contributed by atoms with Gasteiger partial charge < -0.3 is 10.4 Å². The second kappa shape index (κ2) is 10.0. The van der Waals surface area contributed by atoms with Crippen LogP contribution in [0.4, 0.5) is 11.6 Å². The molecule has 1 aliphatic heterocycles. The Morgan fingerprint density at radius 2 is 1.68 bits per heavy atom. The number of anilines is 2. The van der Waals surface area contributed by atoms with Gasteiger partial charge in [0.25, 0.3) is 0 Å². The molecule has 1 saturated heterocycles. The Morgan fingerprint density at radius 1 is 0.912 bits per heavy atom. The maximum Gasteiger partial charge on any atom is 0.180 e. The van der Waals surface area contributed by atoms with E-state index in [1.165, 1.54) is 5.56 Å². The molecule has 0 aliphatic carbocycles. The number of likely N-dealkylation sites (tertiary alicyclic amines) is 1. The van der Waals surface area contributed by atoms with Crippen molar-refractivity contribution >= 4 is 11.6 Å². The smallest absolute Gasteiger partial charge is 0.180 e. The van der Waals surface area contributed by atoms with Crippen molar-refractivity contribution in [1.82, 2.24) is 29.8 Å². The van der Waals surface area contributed by atoms with Crippen molar-refractivity contribution in [3.05, 3.63) is 89.6 Å². The highest BCUT2D eigenvalue weighted by Crippen LogP contribution is 2.18. The summed E-state index contributed by atoms with van der Waals surface area (Å²) in [4.78, 5) is 24.8. The summed E-state index contributed by atoms with van der Waals surface area (Å²) in [5.74, 6) is 2.62. The molecule has 2 N–H and O–H groups in total. The molecule has 3 aromatic heterocycles. The number of nitrogens with zero attached hydrogens (tertiary/aromatic N) is 6. The third-order valence-corrected chi connectivity index (χ3v) is 5.77.